The highest BCUT2D eigenvalue weighted by Crippen LogP contribution is 2.21. The van der Waals surface area contributed by atoms with Crippen molar-refractivity contribution in [3.8, 4) is 0 Å². The molecule has 0 saturated heterocycles. The first-order valence-electron chi connectivity index (χ1n) is 5.37. The number of rotatable bonds is 4. The van der Waals surface area contributed by atoms with E-state index >= 15 is 0 Å². The van der Waals surface area contributed by atoms with Gasteiger partial charge in [-0.25, -0.2) is 0 Å². The lowest BCUT2D eigenvalue weighted by atomic mass is 10.1. The summed E-state index contributed by atoms with van der Waals surface area (Å²) in [6.07, 6.45) is 6.74. The molecule has 2 rings (SSSR count). The van der Waals surface area contributed by atoms with E-state index in [-0.39, 0.29) is 0 Å². The average molecular weight is 188 g/mol. The lowest BCUT2D eigenvalue weighted by molar-refractivity contribution is 0.607. The minimum atomic E-state index is 1.07. The summed E-state index contributed by atoms with van der Waals surface area (Å²) in [5.41, 5.74) is 2.42. The van der Waals surface area contributed by atoms with Crippen LogP contribution < -0.4 is 0 Å². The van der Waals surface area contributed by atoms with E-state index in [0.717, 1.165) is 12.0 Å². The van der Waals surface area contributed by atoms with Crippen molar-refractivity contribution in [2.24, 2.45) is 0 Å². The van der Waals surface area contributed by atoms with Crippen molar-refractivity contribution in [2.75, 3.05) is 0 Å². The molecule has 1 aromatic carbocycles. The molecule has 0 saturated carbocycles. The van der Waals surface area contributed by atoms with E-state index in [0.29, 0.717) is 0 Å². The Morgan fingerprint density at radius 1 is 1.14 bits per heavy atom. The van der Waals surface area contributed by atoms with Crippen LogP contribution >= 0.6 is 0 Å². The number of para-hydroxylation sites is 1. The molecule has 0 unspecified atom stereocenters. The van der Waals surface area contributed by atoms with Crippen LogP contribution in [0.15, 0.2) is 34.9 Å². The van der Waals surface area contributed by atoms with Crippen LogP contribution in [0.5, 0.6) is 0 Å². The zero-order chi connectivity index (χ0) is 9.80. The van der Waals surface area contributed by atoms with E-state index in [2.05, 4.69) is 25.1 Å². The van der Waals surface area contributed by atoms with E-state index in [1.54, 1.807) is 6.26 Å². The quantitative estimate of drug-likeness (QED) is 0.656. The molecule has 0 aliphatic carbocycles. The Morgan fingerprint density at radius 2 is 2.07 bits per heavy atom. The molecule has 0 radical (unpaired) electrons. The molecule has 1 nitrogen and oxygen atoms in total. The number of benzene rings is 1. The highest BCUT2D eigenvalue weighted by Gasteiger charge is 2.02. The monoisotopic (exact) mass is 188 g/mol. The molecule has 0 atom stereocenters. The minimum Gasteiger partial charge on any atom is -0.464 e. The third-order valence-corrected chi connectivity index (χ3v) is 2.61. The third kappa shape index (κ3) is 1.82. The van der Waals surface area contributed by atoms with Crippen molar-refractivity contribution >= 4 is 11.0 Å². The maximum atomic E-state index is 5.48. The van der Waals surface area contributed by atoms with Crippen molar-refractivity contribution in [1.29, 1.82) is 0 Å². The summed E-state index contributed by atoms with van der Waals surface area (Å²) in [4.78, 5) is 0. The molecule has 0 amide bonds. The van der Waals surface area contributed by atoms with Crippen LogP contribution in [0.4, 0.5) is 0 Å². The normalized spacial score (nSPS) is 10.9. The molecule has 14 heavy (non-hydrogen) atoms. The molecule has 0 N–H and O–H groups in total. The second-order valence-corrected chi connectivity index (χ2v) is 3.71. The Labute approximate surface area is 84.7 Å². The van der Waals surface area contributed by atoms with Crippen molar-refractivity contribution in [1.82, 2.24) is 0 Å². The fourth-order valence-corrected chi connectivity index (χ4v) is 1.82. The van der Waals surface area contributed by atoms with E-state index in [1.165, 1.54) is 30.2 Å². The maximum Gasteiger partial charge on any atom is 0.137 e. The second kappa shape index (κ2) is 4.32. The number of fused-ring (bicyclic) bond motifs is 1. The van der Waals surface area contributed by atoms with E-state index < -0.39 is 0 Å². The molecule has 0 aliphatic heterocycles. The highest BCUT2D eigenvalue weighted by molar-refractivity contribution is 5.80. The van der Waals surface area contributed by atoms with Crippen LogP contribution in [0.3, 0.4) is 0 Å². The number of furan rings is 1. The molecular weight excluding hydrogens is 172 g/mol. The fraction of sp³-hybridized carbons (Fsp3) is 0.385. The number of aryl methyl sites for hydroxylation is 1. The fourth-order valence-electron chi connectivity index (χ4n) is 1.82. The standard InChI is InChI=1S/C13H16O/c1-2-3-4-6-11-7-5-8-12-9-10-14-13(11)12/h5,7-10H,2-4,6H2,1H3. The first-order valence-corrected chi connectivity index (χ1v) is 5.37. The maximum absolute atomic E-state index is 5.48. The van der Waals surface area contributed by atoms with Crippen molar-refractivity contribution in [3.05, 3.63) is 36.1 Å². The van der Waals surface area contributed by atoms with Crippen LogP contribution in [0.2, 0.25) is 0 Å². The summed E-state index contributed by atoms with van der Waals surface area (Å²) >= 11 is 0. The predicted octanol–water partition coefficient (Wildman–Crippen LogP) is 4.17. The van der Waals surface area contributed by atoms with Gasteiger partial charge in [-0.2, -0.15) is 0 Å². The molecule has 1 heterocycles. The molecule has 1 heteroatoms. The van der Waals surface area contributed by atoms with Crippen molar-refractivity contribution in [2.45, 2.75) is 32.6 Å². The Bertz CT molecular complexity index is 400. The topological polar surface area (TPSA) is 13.1 Å². The largest absolute Gasteiger partial charge is 0.464 e. The lowest BCUT2D eigenvalue weighted by Gasteiger charge is -2.00. The van der Waals surface area contributed by atoms with Crippen LogP contribution in [-0.2, 0) is 6.42 Å². The van der Waals surface area contributed by atoms with Crippen molar-refractivity contribution < 1.29 is 4.42 Å². The van der Waals surface area contributed by atoms with Gasteiger partial charge in [0.15, 0.2) is 0 Å². The van der Waals surface area contributed by atoms with Gasteiger partial charge >= 0.3 is 0 Å². The third-order valence-electron chi connectivity index (χ3n) is 2.61. The SMILES string of the molecule is CCCCCc1cccc2ccoc12. The molecule has 0 fully saturated rings. The molecule has 2 aromatic rings. The summed E-state index contributed by atoms with van der Waals surface area (Å²) in [5, 5.41) is 1.22. The van der Waals surface area contributed by atoms with Gasteiger partial charge in [-0.15, -0.1) is 0 Å². The van der Waals surface area contributed by atoms with Crippen molar-refractivity contribution in [3.63, 3.8) is 0 Å². The van der Waals surface area contributed by atoms with Crippen LogP contribution in [0.25, 0.3) is 11.0 Å². The van der Waals surface area contributed by atoms with Crippen LogP contribution in [0, 0.1) is 0 Å². The number of hydrogen-bond donors (Lipinski definition) is 0. The summed E-state index contributed by atoms with van der Waals surface area (Å²) in [7, 11) is 0. The van der Waals surface area contributed by atoms with Gasteiger partial charge in [-0.3, -0.25) is 0 Å². The second-order valence-electron chi connectivity index (χ2n) is 3.71. The zero-order valence-corrected chi connectivity index (χ0v) is 8.62. The van der Waals surface area contributed by atoms with Crippen LogP contribution in [-0.4, -0.2) is 0 Å². The Kier molecular flexibility index (Phi) is 2.87. The number of hydrogen-bond acceptors (Lipinski definition) is 1. The molecule has 74 valence electrons. The van der Waals surface area contributed by atoms with E-state index in [4.69, 9.17) is 4.42 Å². The van der Waals surface area contributed by atoms with Gasteiger partial charge in [0.1, 0.15) is 5.58 Å². The van der Waals surface area contributed by atoms with E-state index in [9.17, 15) is 0 Å². The van der Waals surface area contributed by atoms with Gasteiger partial charge < -0.3 is 4.42 Å². The summed E-state index contributed by atoms with van der Waals surface area (Å²) in [6, 6.07) is 8.40. The van der Waals surface area contributed by atoms with Gasteiger partial charge in [0.05, 0.1) is 6.26 Å². The lowest BCUT2D eigenvalue weighted by Crippen LogP contribution is -1.85. The Morgan fingerprint density at radius 3 is 2.93 bits per heavy atom. The summed E-state index contributed by atoms with van der Waals surface area (Å²) in [6.45, 7) is 2.23. The van der Waals surface area contributed by atoms with E-state index in [1.807, 2.05) is 6.07 Å². The van der Waals surface area contributed by atoms with Crippen LogP contribution in [0.1, 0.15) is 31.7 Å². The Hall–Kier alpha value is -1.24. The molecule has 0 aliphatic rings. The smallest absolute Gasteiger partial charge is 0.137 e. The molecular formula is C13H16O. The summed E-state index contributed by atoms with van der Waals surface area (Å²) in [5.74, 6) is 0. The molecule has 0 bridgehead atoms. The van der Waals surface area contributed by atoms with Gasteiger partial charge in [0.25, 0.3) is 0 Å². The number of unbranched alkanes of at least 4 members (excludes halogenated alkanes) is 2. The van der Waals surface area contributed by atoms with Gasteiger partial charge in [-0.1, -0.05) is 38.0 Å². The zero-order valence-electron chi connectivity index (χ0n) is 8.62. The molecule has 1 aromatic heterocycles. The first-order chi connectivity index (χ1) is 6.92. The minimum absolute atomic E-state index is 1.07. The van der Waals surface area contributed by atoms with Gasteiger partial charge in [-0.05, 0) is 24.5 Å². The van der Waals surface area contributed by atoms with Gasteiger partial charge in [0.2, 0.25) is 0 Å². The Balaban J connectivity index is 2.19. The predicted molar refractivity (Wildman–Crippen MR) is 59.4 cm³/mol. The summed E-state index contributed by atoms with van der Waals surface area (Å²) < 4.78 is 5.48. The average Bonchev–Trinajstić information content (AvgIpc) is 2.67. The van der Waals surface area contributed by atoms with Gasteiger partial charge in [0, 0.05) is 5.39 Å². The highest BCUT2D eigenvalue weighted by atomic mass is 16.3. The first kappa shape index (κ1) is 9.32. The molecule has 0 spiro atoms.